The van der Waals surface area contributed by atoms with Crippen molar-refractivity contribution in [3.63, 3.8) is 0 Å². The Kier molecular flexibility index (Phi) is 6.32. The molecule has 24 heavy (non-hydrogen) atoms. The molecule has 0 spiro atoms. The Labute approximate surface area is 139 Å². The molecule has 1 aromatic heterocycles. The predicted octanol–water partition coefficient (Wildman–Crippen LogP) is 1.40. The molecule has 1 heterocycles. The first-order valence-corrected chi connectivity index (χ1v) is 7.70. The first-order valence-electron chi connectivity index (χ1n) is 7.70. The summed E-state index contributed by atoms with van der Waals surface area (Å²) in [5.74, 6) is 0.269. The monoisotopic (exact) mass is 331 g/mol. The molecule has 1 aromatic carbocycles. The van der Waals surface area contributed by atoms with Gasteiger partial charge >= 0.3 is 6.03 Å². The third-order valence-electron chi connectivity index (χ3n) is 3.26. The van der Waals surface area contributed by atoms with E-state index in [0.717, 1.165) is 6.42 Å². The van der Waals surface area contributed by atoms with Crippen molar-refractivity contribution in [1.82, 2.24) is 20.6 Å². The molecular weight excluding hydrogens is 310 g/mol. The molecule has 0 saturated carbocycles. The van der Waals surface area contributed by atoms with Crippen LogP contribution in [-0.4, -0.2) is 40.2 Å². The van der Waals surface area contributed by atoms with E-state index in [4.69, 9.17) is 0 Å². The molecule has 0 saturated heterocycles. The van der Waals surface area contributed by atoms with Crippen molar-refractivity contribution in [3.05, 3.63) is 48.0 Å². The van der Waals surface area contributed by atoms with Crippen LogP contribution < -0.4 is 16.0 Å². The largest absolute Gasteiger partial charge is 0.394 e. The number of aromatic amines is 1. The van der Waals surface area contributed by atoms with Crippen LogP contribution >= 0.6 is 0 Å². The highest BCUT2D eigenvalue weighted by Crippen LogP contribution is 2.12. The minimum absolute atomic E-state index is 0.190. The number of H-pyrrole nitrogens is 1. The Bertz CT molecular complexity index is 672. The van der Waals surface area contributed by atoms with Crippen LogP contribution in [0.2, 0.25) is 0 Å². The fraction of sp³-hybridized carbons (Fsp3) is 0.312. The zero-order valence-electron chi connectivity index (χ0n) is 13.4. The van der Waals surface area contributed by atoms with Gasteiger partial charge in [0.05, 0.1) is 6.61 Å². The number of benzene rings is 1. The molecule has 2 rings (SSSR count). The van der Waals surface area contributed by atoms with Crippen molar-refractivity contribution in [2.24, 2.45) is 0 Å². The lowest BCUT2D eigenvalue weighted by Gasteiger charge is -2.15. The quantitative estimate of drug-likeness (QED) is 0.527. The molecule has 2 aromatic rings. The Morgan fingerprint density at radius 3 is 2.88 bits per heavy atom. The van der Waals surface area contributed by atoms with Crippen LogP contribution in [0.1, 0.15) is 35.6 Å². The predicted molar refractivity (Wildman–Crippen MR) is 89.6 cm³/mol. The zero-order chi connectivity index (χ0) is 17.4. The van der Waals surface area contributed by atoms with Gasteiger partial charge in [-0.1, -0.05) is 13.0 Å². The third kappa shape index (κ3) is 4.82. The molecule has 0 radical (unpaired) electrons. The lowest BCUT2D eigenvalue weighted by atomic mass is 10.2. The van der Waals surface area contributed by atoms with Gasteiger partial charge in [-0.15, -0.1) is 0 Å². The average molecular weight is 331 g/mol. The minimum Gasteiger partial charge on any atom is -0.394 e. The number of aromatic nitrogens is 2. The van der Waals surface area contributed by atoms with Gasteiger partial charge in [-0.2, -0.15) is 0 Å². The number of aliphatic hydroxyl groups is 1. The summed E-state index contributed by atoms with van der Waals surface area (Å²) in [5, 5.41) is 17.4. The summed E-state index contributed by atoms with van der Waals surface area (Å²) in [6.07, 6.45) is 3.99. The molecule has 8 nitrogen and oxygen atoms in total. The van der Waals surface area contributed by atoms with E-state index in [9.17, 15) is 14.7 Å². The van der Waals surface area contributed by atoms with E-state index in [1.807, 2.05) is 6.92 Å². The van der Waals surface area contributed by atoms with Crippen LogP contribution in [0.3, 0.4) is 0 Å². The number of hydrogen-bond acceptors (Lipinski definition) is 4. The second-order valence-electron chi connectivity index (χ2n) is 5.14. The number of imidazole rings is 1. The number of carbonyl (C=O) groups is 2. The second-order valence-corrected chi connectivity index (χ2v) is 5.14. The highest BCUT2D eigenvalue weighted by atomic mass is 16.3. The van der Waals surface area contributed by atoms with E-state index in [1.54, 1.807) is 30.5 Å². The normalized spacial score (nSPS) is 11.6. The number of anilines is 1. The van der Waals surface area contributed by atoms with Gasteiger partial charge in [0.25, 0.3) is 5.91 Å². The van der Waals surface area contributed by atoms with Crippen LogP contribution in [0.15, 0.2) is 36.7 Å². The maximum absolute atomic E-state index is 12.1. The number of nitrogens with one attached hydrogen (secondary N) is 4. The molecule has 8 heteroatoms. The average Bonchev–Trinajstić information content (AvgIpc) is 3.12. The maximum atomic E-state index is 12.1. The summed E-state index contributed by atoms with van der Waals surface area (Å²) in [6.45, 7) is 2.28. The van der Waals surface area contributed by atoms with Crippen molar-refractivity contribution in [2.75, 3.05) is 18.5 Å². The first kappa shape index (κ1) is 17.5. The van der Waals surface area contributed by atoms with Gasteiger partial charge in [0.2, 0.25) is 0 Å². The Hall–Kier alpha value is -2.87. The summed E-state index contributed by atoms with van der Waals surface area (Å²) >= 11 is 0. The SMILES string of the molecule is CCCNC(=O)c1cccc(NC(=O)NC(CO)c2ncc[nH]2)c1. The number of carbonyl (C=O) groups excluding carboxylic acids is 2. The molecule has 3 amide bonds. The van der Waals surface area contributed by atoms with Gasteiger partial charge in [0.1, 0.15) is 11.9 Å². The van der Waals surface area contributed by atoms with Crippen LogP contribution in [0.5, 0.6) is 0 Å². The molecule has 1 atom stereocenters. The summed E-state index contributed by atoms with van der Waals surface area (Å²) < 4.78 is 0. The van der Waals surface area contributed by atoms with Crippen molar-refractivity contribution in [1.29, 1.82) is 0 Å². The Morgan fingerprint density at radius 1 is 1.38 bits per heavy atom. The van der Waals surface area contributed by atoms with E-state index < -0.39 is 12.1 Å². The lowest BCUT2D eigenvalue weighted by molar-refractivity contribution is 0.0953. The molecule has 0 aliphatic carbocycles. The van der Waals surface area contributed by atoms with Crippen LogP contribution in [0, 0.1) is 0 Å². The van der Waals surface area contributed by atoms with Gasteiger partial charge in [-0.25, -0.2) is 9.78 Å². The third-order valence-corrected chi connectivity index (χ3v) is 3.26. The fourth-order valence-corrected chi connectivity index (χ4v) is 2.07. The second kappa shape index (κ2) is 8.68. The number of aliphatic hydroxyl groups excluding tert-OH is 1. The zero-order valence-corrected chi connectivity index (χ0v) is 13.4. The molecule has 0 aliphatic rings. The molecule has 0 fully saturated rings. The molecule has 5 N–H and O–H groups in total. The van der Waals surface area contributed by atoms with Crippen LogP contribution in [-0.2, 0) is 0 Å². The number of rotatable bonds is 7. The number of hydrogen-bond donors (Lipinski definition) is 5. The number of amides is 3. The van der Waals surface area contributed by atoms with Gasteiger partial charge in [-0.05, 0) is 24.6 Å². The highest BCUT2D eigenvalue weighted by molar-refractivity contribution is 5.96. The first-order chi connectivity index (χ1) is 11.6. The van der Waals surface area contributed by atoms with E-state index >= 15 is 0 Å². The van der Waals surface area contributed by atoms with E-state index in [2.05, 4.69) is 25.9 Å². The van der Waals surface area contributed by atoms with Crippen molar-refractivity contribution in [3.8, 4) is 0 Å². The van der Waals surface area contributed by atoms with Crippen molar-refractivity contribution < 1.29 is 14.7 Å². The van der Waals surface area contributed by atoms with E-state index in [-0.39, 0.29) is 12.5 Å². The van der Waals surface area contributed by atoms with Crippen molar-refractivity contribution >= 4 is 17.6 Å². The molecule has 1 unspecified atom stereocenters. The standard InChI is InChI=1S/C16H21N5O3/c1-2-6-19-15(23)11-4-3-5-12(9-11)20-16(24)21-13(10-22)14-17-7-8-18-14/h3-5,7-9,13,22H,2,6,10H2,1H3,(H,17,18)(H,19,23)(H2,20,21,24). The molecule has 0 bridgehead atoms. The van der Waals surface area contributed by atoms with Gasteiger partial charge < -0.3 is 26.0 Å². The summed E-state index contributed by atoms with van der Waals surface area (Å²) in [6, 6.07) is 5.48. The number of nitrogens with zero attached hydrogens (tertiary/aromatic N) is 1. The molecule has 128 valence electrons. The Morgan fingerprint density at radius 2 is 2.21 bits per heavy atom. The molecule has 0 aliphatic heterocycles. The summed E-state index contributed by atoms with van der Waals surface area (Å²) in [4.78, 5) is 30.8. The van der Waals surface area contributed by atoms with Crippen LogP contribution in [0.4, 0.5) is 10.5 Å². The summed E-state index contributed by atoms with van der Waals surface area (Å²) in [5.41, 5.74) is 0.943. The molecular formula is C16H21N5O3. The maximum Gasteiger partial charge on any atom is 0.319 e. The highest BCUT2D eigenvalue weighted by Gasteiger charge is 2.16. The minimum atomic E-state index is -0.643. The van der Waals surface area contributed by atoms with Gasteiger partial charge in [0.15, 0.2) is 0 Å². The lowest BCUT2D eigenvalue weighted by Crippen LogP contribution is -2.35. The number of urea groups is 1. The van der Waals surface area contributed by atoms with E-state index in [1.165, 1.54) is 6.20 Å². The van der Waals surface area contributed by atoms with Gasteiger partial charge in [-0.3, -0.25) is 4.79 Å². The van der Waals surface area contributed by atoms with Crippen LogP contribution in [0.25, 0.3) is 0 Å². The summed E-state index contributed by atoms with van der Waals surface area (Å²) in [7, 11) is 0. The van der Waals surface area contributed by atoms with Crippen molar-refractivity contribution in [2.45, 2.75) is 19.4 Å². The van der Waals surface area contributed by atoms with Gasteiger partial charge in [0, 0.05) is 30.2 Å². The van der Waals surface area contributed by atoms with E-state index in [0.29, 0.717) is 23.6 Å². The smallest absolute Gasteiger partial charge is 0.319 e. The Balaban J connectivity index is 1.97. The fourth-order valence-electron chi connectivity index (χ4n) is 2.07. The topological polar surface area (TPSA) is 119 Å².